The molecule has 1 fully saturated rings. The van der Waals surface area contributed by atoms with Gasteiger partial charge < -0.3 is 14.7 Å². The SMILES string of the molecule is CCOc1ccccc1C(O)CN1CCC(C)C1. The van der Waals surface area contributed by atoms with E-state index in [4.69, 9.17) is 4.74 Å². The van der Waals surface area contributed by atoms with E-state index in [-0.39, 0.29) is 0 Å². The molecule has 100 valence electrons. The van der Waals surface area contributed by atoms with Crippen LogP contribution in [0.1, 0.15) is 31.9 Å². The van der Waals surface area contributed by atoms with Crippen LogP contribution in [-0.4, -0.2) is 36.2 Å². The molecule has 2 unspecified atom stereocenters. The van der Waals surface area contributed by atoms with Gasteiger partial charge in [-0.15, -0.1) is 0 Å². The van der Waals surface area contributed by atoms with Crippen molar-refractivity contribution in [2.45, 2.75) is 26.4 Å². The third-order valence-electron chi connectivity index (χ3n) is 3.52. The molecule has 1 aliphatic rings. The number of nitrogens with zero attached hydrogens (tertiary/aromatic N) is 1. The van der Waals surface area contributed by atoms with Gasteiger partial charge in [0.1, 0.15) is 5.75 Å². The smallest absolute Gasteiger partial charge is 0.125 e. The predicted molar refractivity (Wildman–Crippen MR) is 72.8 cm³/mol. The summed E-state index contributed by atoms with van der Waals surface area (Å²) in [7, 11) is 0. The molecule has 0 aromatic heterocycles. The number of ether oxygens (including phenoxy) is 1. The summed E-state index contributed by atoms with van der Waals surface area (Å²) < 4.78 is 5.57. The number of aliphatic hydroxyl groups excluding tert-OH is 1. The Morgan fingerprint density at radius 2 is 2.22 bits per heavy atom. The molecule has 2 atom stereocenters. The summed E-state index contributed by atoms with van der Waals surface area (Å²) >= 11 is 0. The molecule has 0 saturated carbocycles. The molecule has 1 aromatic carbocycles. The lowest BCUT2D eigenvalue weighted by Crippen LogP contribution is -2.26. The number of β-amino-alcohol motifs (C(OH)–C–C–N with tert-alkyl or cyclic N) is 1. The first kappa shape index (κ1) is 13.4. The summed E-state index contributed by atoms with van der Waals surface area (Å²) in [5.41, 5.74) is 0.902. The summed E-state index contributed by atoms with van der Waals surface area (Å²) in [5, 5.41) is 10.4. The van der Waals surface area contributed by atoms with Crippen LogP contribution in [0, 0.1) is 5.92 Å². The van der Waals surface area contributed by atoms with Crippen LogP contribution in [-0.2, 0) is 0 Å². The minimum atomic E-state index is -0.460. The molecule has 2 rings (SSSR count). The molecule has 0 spiro atoms. The van der Waals surface area contributed by atoms with Crippen molar-refractivity contribution in [3.63, 3.8) is 0 Å². The van der Waals surface area contributed by atoms with E-state index in [1.54, 1.807) is 0 Å². The van der Waals surface area contributed by atoms with Gasteiger partial charge in [0.25, 0.3) is 0 Å². The molecule has 0 amide bonds. The number of likely N-dealkylation sites (tertiary alicyclic amines) is 1. The quantitative estimate of drug-likeness (QED) is 0.870. The van der Waals surface area contributed by atoms with Crippen LogP contribution < -0.4 is 4.74 Å². The van der Waals surface area contributed by atoms with Gasteiger partial charge in [-0.1, -0.05) is 25.1 Å². The monoisotopic (exact) mass is 249 g/mol. The van der Waals surface area contributed by atoms with Crippen LogP contribution in [0.4, 0.5) is 0 Å². The highest BCUT2D eigenvalue weighted by Crippen LogP contribution is 2.27. The molecular weight excluding hydrogens is 226 g/mol. The first-order valence-electron chi connectivity index (χ1n) is 6.82. The average Bonchev–Trinajstić information content (AvgIpc) is 2.76. The molecule has 1 N–H and O–H groups in total. The summed E-state index contributed by atoms with van der Waals surface area (Å²) in [6.07, 6.45) is 0.776. The fourth-order valence-corrected chi connectivity index (χ4v) is 2.58. The number of aliphatic hydroxyl groups is 1. The second kappa shape index (κ2) is 6.21. The molecule has 0 bridgehead atoms. The standard InChI is InChI=1S/C15H23NO2/c1-3-18-15-7-5-4-6-13(15)14(17)11-16-9-8-12(2)10-16/h4-7,12,14,17H,3,8-11H2,1-2H3. The topological polar surface area (TPSA) is 32.7 Å². The Hall–Kier alpha value is -1.06. The van der Waals surface area contributed by atoms with Gasteiger partial charge in [-0.25, -0.2) is 0 Å². The molecule has 1 aromatic rings. The van der Waals surface area contributed by atoms with Crippen molar-refractivity contribution in [3.8, 4) is 5.75 Å². The van der Waals surface area contributed by atoms with Crippen molar-refractivity contribution in [2.24, 2.45) is 5.92 Å². The molecular formula is C15H23NO2. The van der Waals surface area contributed by atoms with Crippen molar-refractivity contribution >= 4 is 0 Å². The van der Waals surface area contributed by atoms with Crippen molar-refractivity contribution in [2.75, 3.05) is 26.2 Å². The Balaban J connectivity index is 2.01. The molecule has 1 aliphatic heterocycles. The molecule has 0 radical (unpaired) electrons. The van der Waals surface area contributed by atoms with E-state index in [0.717, 1.165) is 30.3 Å². The van der Waals surface area contributed by atoms with E-state index >= 15 is 0 Å². The molecule has 3 heteroatoms. The Labute approximate surface area is 109 Å². The summed E-state index contributed by atoms with van der Waals surface area (Å²) in [4.78, 5) is 2.33. The number of hydrogen-bond donors (Lipinski definition) is 1. The summed E-state index contributed by atoms with van der Waals surface area (Å²) in [6.45, 7) is 7.74. The second-order valence-electron chi connectivity index (χ2n) is 5.14. The fourth-order valence-electron chi connectivity index (χ4n) is 2.58. The average molecular weight is 249 g/mol. The highest BCUT2D eigenvalue weighted by molar-refractivity contribution is 5.35. The lowest BCUT2D eigenvalue weighted by molar-refractivity contribution is 0.121. The maximum absolute atomic E-state index is 10.4. The zero-order valence-corrected chi connectivity index (χ0v) is 11.3. The van der Waals surface area contributed by atoms with E-state index in [2.05, 4.69) is 11.8 Å². The third-order valence-corrected chi connectivity index (χ3v) is 3.52. The zero-order chi connectivity index (χ0) is 13.0. The van der Waals surface area contributed by atoms with E-state index < -0.39 is 6.10 Å². The minimum Gasteiger partial charge on any atom is -0.493 e. The normalized spacial score (nSPS) is 22.1. The van der Waals surface area contributed by atoms with Gasteiger partial charge in [0.2, 0.25) is 0 Å². The van der Waals surface area contributed by atoms with Gasteiger partial charge >= 0.3 is 0 Å². The van der Waals surface area contributed by atoms with Crippen LogP contribution in [0.15, 0.2) is 24.3 Å². The van der Waals surface area contributed by atoms with Crippen LogP contribution in [0.2, 0.25) is 0 Å². The van der Waals surface area contributed by atoms with Crippen LogP contribution in [0.25, 0.3) is 0 Å². The van der Waals surface area contributed by atoms with Crippen molar-refractivity contribution < 1.29 is 9.84 Å². The highest BCUT2D eigenvalue weighted by atomic mass is 16.5. The van der Waals surface area contributed by atoms with E-state index in [1.165, 1.54) is 6.42 Å². The van der Waals surface area contributed by atoms with Crippen molar-refractivity contribution in [3.05, 3.63) is 29.8 Å². The van der Waals surface area contributed by atoms with Crippen molar-refractivity contribution in [1.82, 2.24) is 4.90 Å². The largest absolute Gasteiger partial charge is 0.493 e. The summed E-state index contributed by atoms with van der Waals surface area (Å²) in [5.74, 6) is 1.55. The van der Waals surface area contributed by atoms with Crippen LogP contribution in [0.3, 0.4) is 0 Å². The van der Waals surface area contributed by atoms with Crippen molar-refractivity contribution in [1.29, 1.82) is 0 Å². The maximum Gasteiger partial charge on any atom is 0.125 e. The lowest BCUT2D eigenvalue weighted by atomic mass is 10.1. The fraction of sp³-hybridized carbons (Fsp3) is 0.600. The Morgan fingerprint density at radius 1 is 1.44 bits per heavy atom. The number of para-hydroxylation sites is 1. The van der Waals surface area contributed by atoms with Gasteiger partial charge in [0.05, 0.1) is 12.7 Å². The van der Waals surface area contributed by atoms with E-state index in [9.17, 15) is 5.11 Å². The Kier molecular flexibility index (Phi) is 4.61. The molecule has 1 saturated heterocycles. The third kappa shape index (κ3) is 3.24. The Bertz CT molecular complexity index is 381. The van der Waals surface area contributed by atoms with Crippen LogP contribution >= 0.6 is 0 Å². The molecule has 18 heavy (non-hydrogen) atoms. The van der Waals surface area contributed by atoms with Gasteiger partial charge in [-0.3, -0.25) is 0 Å². The first-order valence-corrected chi connectivity index (χ1v) is 6.82. The van der Waals surface area contributed by atoms with E-state index in [0.29, 0.717) is 13.2 Å². The molecule has 3 nitrogen and oxygen atoms in total. The Morgan fingerprint density at radius 3 is 2.89 bits per heavy atom. The number of rotatable bonds is 5. The molecule has 1 heterocycles. The maximum atomic E-state index is 10.4. The summed E-state index contributed by atoms with van der Waals surface area (Å²) in [6, 6.07) is 7.77. The van der Waals surface area contributed by atoms with Gasteiger partial charge in [0, 0.05) is 18.7 Å². The zero-order valence-electron chi connectivity index (χ0n) is 11.3. The van der Waals surface area contributed by atoms with Crippen LogP contribution in [0.5, 0.6) is 5.75 Å². The molecule has 0 aliphatic carbocycles. The highest BCUT2D eigenvalue weighted by Gasteiger charge is 2.22. The van der Waals surface area contributed by atoms with Gasteiger partial charge in [-0.05, 0) is 31.9 Å². The van der Waals surface area contributed by atoms with Gasteiger partial charge in [-0.2, -0.15) is 0 Å². The number of hydrogen-bond acceptors (Lipinski definition) is 3. The predicted octanol–water partition coefficient (Wildman–Crippen LogP) is 2.46. The lowest BCUT2D eigenvalue weighted by Gasteiger charge is -2.21. The second-order valence-corrected chi connectivity index (χ2v) is 5.14. The van der Waals surface area contributed by atoms with Gasteiger partial charge in [0.15, 0.2) is 0 Å². The minimum absolute atomic E-state index is 0.460. The number of benzene rings is 1. The first-order chi connectivity index (χ1) is 8.70. The van der Waals surface area contributed by atoms with E-state index in [1.807, 2.05) is 31.2 Å².